The molecule has 1 aliphatic heterocycles. The maximum Gasteiger partial charge on any atom is 0.191 e. The molecule has 2 atom stereocenters. The summed E-state index contributed by atoms with van der Waals surface area (Å²) in [6.45, 7) is 10.4. The van der Waals surface area contributed by atoms with Gasteiger partial charge in [0.1, 0.15) is 5.01 Å². The van der Waals surface area contributed by atoms with Crippen molar-refractivity contribution in [2.75, 3.05) is 19.6 Å². The van der Waals surface area contributed by atoms with Gasteiger partial charge in [-0.2, -0.15) is 0 Å². The molecule has 2 unspecified atom stereocenters. The smallest absolute Gasteiger partial charge is 0.191 e. The molecule has 1 aliphatic carbocycles. The predicted octanol–water partition coefficient (Wildman–Crippen LogP) is 2.61. The lowest BCUT2D eigenvalue weighted by molar-refractivity contribution is 0.315. The Bertz CT molecular complexity index is 528. The number of thiazole rings is 1. The van der Waals surface area contributed by atoms with E-state index in [4.69, 9.17) is 4.99 Å². The number of aliphatic imine (C=N–C) groups is 1. The van der Waals surface area contributed by atoms with E-state index in [1.165, 1.54) is 19.4 Å². The second kappa shape index (κ2) is 8.62. The fourth-order valence-electron chi connectivity index (χ4n) is 3.05. The molecule has 0 amide bonds. The number of hydrogen-bond donors (Lipinski definition) is 2. The van der Waals surface area contributed by atoms with E-state index in [2.05, 4.69) is 39.7 Å². The summed E-state index contributed by atoms with van der Waals surface area (Å²) >= 11 is 1.68. The molecule has 1 saturated heterocycles. The SMILES string of the molecule is CCNC(=NCc1nc(C)cs1)NC1CN(C2CC2)CC1C.I. The average Bonchev–Trinajstić information content (AvgIpc) is 3.16. The number of hydrogen-bond acceptors (Lipinski definition) is 4. The molecular formula is C16H28IN5S. The molecule has 130 valence electrons. The monoisotopic (exact) mass is 449 g/mol. The Labute approximate surface area is 160 Å². The highest BCUT2D eigenvalue weighted by Gasteiger charge is 2.38. The summed E-state index contributed by atoms with van der Waals surface area (Å²) in [5.74, 6) is 1.59. The van der Waals surface area contributed by atoms with Gasteiger partial charge in [-0.3, -0.25) is 4.90 Å². The number of likely N-dealkylation sites (tertiary alicyclic amines) is 1. The van der Waals surface area contributed by atoms with E-state index in [-0.39, 0.29) is 24.0 Å². The van der Waals surface area contributed by atoms with Crippen LogP contribution in [0, 0.1) is 12.8 Å². The number of aromatic nitrogens is 1. The molecule has 7 heteroatoms. The molecular weight excluding hydrogens is 421 g/mol. The first-order valence-electron chi connectivity index (χ1n) is 8.35. The summed E-state index contributed by atoms with van der Waals surface area (Å²) in [6.07, 6.45) is 2.77. The van der Waals surface area contributed by atoms with Crippen molar-refractivity contribution >= 4 is 41.3 Å². The molecule has 23 heavy (non-hydrogen) atoms. The van der Waals surface area contributed by atoms with E-state index in [1.54, 1.807) is 11.3 Å². The Kier molecular flexibility index (Phi) is 7.09. The van der Waals surface area contributed by atoms with Gasteiger partial charge in [0.15, 0.2) is 5.96 Å². The molecule has 5 nitrogen and oxygen atoms in total. The van der Waals surface area contributed by atoms with Crippen molar-refractivity contribution in [1.29, 1.82) is 0 Å². The van der Waals surface area contributed by atoms with Gasteiger partial charge in [-0.15, -0.1) is 35.3 Å². The van der Waals surface area contributed by atoms with E-state index in [0.29, 0.717) is 18.5 Å². The summed E-state index contributed by atoms with van der Waals surface area (Å²) in [4.78, 5) is 11.8. The van der Waals surface area contributed by atoms with E-state index in [9.17, 15) is 0 Å². The van der Waals surface area contributed by atoms with Crippen LogP contribution in [-0.2, 0) is 6.54 Å². The highest BCUT2D eigenvalue weighted by atomic mass is 127. The predicted molar refractivity (Wildman–Crippen MR) is 108 cm³/mol. The Morgan fingerprint density at radius 3 is 2.83 bits per heavy atom. The zero-order chi connectivity index (χ0) is 15.5. The van der Waals surface area contributed by atoms with E-state index in [1.807, 2.05) is 6.92 Å². The van der Waals surface area contributed by atoms with Gasteiger partial charge in [-0.05, 0) is 32.6 Å². The topological polar surface area (TPSA) is 52.6 Å². The van der Waals surface area contributed by atoms with Crippen LogP contribution in [0.3, 0.4) is 0 Å². The maximum absolute atomic E-state index is 4.70. The molecule has 0 bridgehead atoms. The normalized spacial score (nSPS) is 25.3. The van der Waals surface area contributed by atoms with Gasteiger partial charge < -0.3 is 10.6 Å². The van der Waals surface area contributed by atoms with Crippen molar-refractivity contribution in [3.63, 3.8) is 0 Å². The minimum absolute atomic E-state index is 0. The molecule has 2 fully saturated rings. The first-order chi connectivity index (χ1) is 10.7. The van der Waals surface area contributed by atoms with Crippen molar-refractivity contribution in [3.8, 4) is 0 Å². The van der Waals surface area contributed by atoms with Crippen molar-refractivity contribution in [2.24, 2.45) is 10.9 Å². The molecule has 3 rings (SSSR count). The lowest BCUT2D eigenvalue weighted by Gasteiger charge is -2.20. The molecule has 2 N–H and O–H groups in total. The second-order valence-electron chi connectivity index (χ2n) is 6.49. The molecule has 2 heterocycles. The van der Waals surface area contributed by atoms with Crippen molar-refractivity contribution in [1.82, 2.24) is 20.5 Å². The Morgan fingerprint density at radius 1 is 1.43 bits per heavy atom. The van der Waals surface area contributed by atoms with E-state index in [0.717, 1.165) is 35.8 Å². The summed E-state index contributed by atoms with van der Waals surface area (Å²) in [6, 6.07) is 1.35. The summed E-state index contributed by atoms with van der Waals surface area (Å²) in [5.41, 5.74) is 1.08. The molecule has 1 aromatic heterocycles. The van der Waals surface area contributed by atoms with Crippen LogP contribution < -0.4 is 10.6 Å². The lowest BCUT2D eigenvalue weighted by atomic mass is 10.1. The van der Waals surface area contributed by atoms with Gasteiger partial charge >= 0.3 is 0 Å². The largest absolute Gasteiger partial charge is 0.357 e. The Morgan fingerprint density at radius 2 is 2.22 bits per heavy atom. The van der Waals surface area contributed by atoms with Gasteiger partial charge in [0, 0.05) is 42.8 Å². The fraction of sp³-hybridized carbons (Fsp3) is 0.750. The summed E-state index contributed by atoms with van der Waals surface area (Å²) < 4.78 is 0. The quantitative estimate of drug-likeness (QED) is 0.412. The third kappa shape index (κ3) is 5.29. The van der Waals surface area contributed by atoms with Crippen LogP contribution in [-0.4, -0.2) is 47.6 Å². The van der Waals surface area contributed by atoms with E-state index < -0.39 is 0 Å². The fourth-order valence-corrected chi connectivity index (χ4v) is 3.74. The standard InChI is InChI=1S/C16H27N5S.HI/c1-4-17-16(18-7-15-19-12(3)10-22-15)20-14-9-21(8-11(14)2)13-5-6-13;/h10-11,13-14H,4-9H2,1-3H3,(H2,17,18,20);1H. The van der Waals surface area contributed by atoms with Crippen molar-refractivity contribution in [2.45, 2.75) is 52.2 Å². The van der Waals surface area contributed by atoms with Crippen LogP contribution in [0.1, 0.15) is 37.4 Å². The van der Waals surface area contributed by atoms with Gasteiger partial charge in [0.2, 0.25) is 0 Å². The number of aryl methyl sites for hydroxylation is 1. The number of halogens is 1. The van der Waals surface area contributed by atoms with E-state index >= 15 is 0 Å². The highest BCUT2D eigenvalue weighted by Crippen LogP contribution is 2.31. The summed E-state index contributed by atoms with van der Waals surface area (Å²) in [7, 11) is 0. The third-order valence-corrected chi connectivity index (χ3v) is 5.36. The van der Waals surface area contributed by atoms with Crippen LogP contribution in [0.2, 0.25) is 0 Å². The molecule has 2 aliphatic rings. The van der Waals surface area contributed by atoms with Gasteiger partial charge in [-0.25, -0.2) is 9.98 Å². The zero-order valence-corrected chi connectivity index (χ0v) is 17.4. The third-order valence-electron chi connectivity index (χ3n) is 4.41. The number of rotatable bonds is 5. The molecule has 0 aromatic carbocycles. The van der Waals surface area contributed by atoms with Crippen LogP contribution in [0.5, 0.6) is 0 Å². The number of nitrogens with one attached hydrogen (secondary N) is 2. The molecule has 1 saturated carbocycles. The number of guanidine groups is 1. The zero-order valence-electron chi connectivity index (χ0n) is 14.2. The van der Waals surface area contributed by atoms with Crippen LogP contribution in [0.4, 0.5) is 0 Å². The minimum Gasteiger partial charge on any atom is -0.357 e. The Balaban J connectivity index is 0.00000192. The van der Waals surface area contributed by atoms with Gasteiger partial charge in [0.05, 0.1) is 6.54 Å². The Hall–Kier alpha value is -0.410. The van der Waals surface area contributed by atoms with Crippen LogP contribution in [0.25, 0.3) is 0 Å². The second-order valence-corrected chi connectivity index (χ2v) is 7.43. The molecule has 0 radical (unpaired) electrons. The average molecular weight is 449 g/mol. The van der Waals surface area contributed by atoms with Crippen LogP contribution >= 0.6 is 35.3 Å². The first-order valence-corrected chi connectivity index (χ1v) is 9.23. The minimum atomic E-state index is 0. The molecule has 1 aromatic rings. The van der Waals surface area contributed by atoms with Crippen molar-refractivity contribution in [3.05, 3.63) is 16.1 Å². The maximum atomic E-state index is 4.70. The first kappa shape index (κ1) is 18.9. The van der Waals surface area contributed by atoms with Crippen molar-refractivity contribution < 1.29 is 0 Å². The highest BCUT2D eigenvalue weighted by molar-refractivity contribution is 14.0. The molecule has 0 spiro atoms. The van der Waals surface area contributed by atoms with Crippen LogP contribution in [0.15, 0.2) is 10.4 Å². The summed E-state index contributed by atoms with van der Waals surface area (Å²) in [5, 5.41) is 10.2. The van der Waals surface area contributed by atoms with Gasteiger partial charge in [0.25, 0.3) is 0 Å². The van der Waals surface area contributed by atoms with Gasteiger partial charge in [-0.1, -0.05) is 6.92 Å². The number of nitrogens with zero attached hydrogens (tertiary/aromatic N) is 3. The lowest BCUT2D eigenvalue weighted by Crippen LogP contribution is -2.46.